The molecule has 0 saturated heterocycles. The van der Waals surface area contributed by atoms with E-state index in [1.807, 2.05) is 19.1 Å². The molecule has 0 fully saturated rings. The Bertz CT molecular complexity index is 392. The Labute approximate surface area is 92.9 Å². The summed E-state index contributed by atoms with van der Waals surface area (Å²) in [5.41, 5.74) is 0.755. The molecule has 2 atom stereocenters. The van der Waals surface area contributed by atoms with Crippen molar-refractivity contribution in [3.63, 3.8) is 0 Å². The summed E-state index contributed by atoms with van der Waals surface area (Å²) < 4.78 is 0. The lowest BCUT2D eigenvalue weighted by molar-refractivity contribution is 0.268. The minimum absolute atomic E-state index is 0.0513. The van der Waals surface area contributed by atoms with Gasteiger partial charge in [-0.3, -0.25) is 4.99 Å². The zero-order valence-corrected chi connectivity index (χ0v) is 9.24. The molecule has 0 radical (unpaired) electrons. The number of aliphatic hydroxyl groups excluding tert-OH is 1. The first kappa shape index (κ1) is 10.5. The molecule has 0 spiro atoms. The van der Waals surface area contributed by atoms with Gasteiger partial charge in [-0.2, -0.15) is 0 Å². The second-order valence-electron chi connectivity index (χ2n) is 3.52. The predicted octanol–water partition coefficient (Wildman–Crippen LogP) is 1.64. The average Bonchev–Trinajstić information content (AvgIpc) is 2.60. The summed E-state index contributed by atoms with van der Waals surface area (Å²) in [5, 5.41) is 19.8. The van der Waals surface area contributed by atoms with Gasteiger partial charge in [0.05, 0.1) is 12.6 Å². The lowest BCUT2D eigenvalue weighted by Crippen LogP contribution is -2.17. The summed E-state index contributed by atoms with van der Waals surface area (Å²) >= 11 is 1.60. The van der Waals surface area contributed by atoms with Crippen molar-refractivity contribution >= 4 is 16.8 Å². The molecule has 0 unspecified atom stereocenters. The van der Waals surface area contributed by atoms with E-state index in [0.717, 1.165) is 10.6 Å². The predicted molar refractivity (Wildman–Crippen MR) is 62.6 cm³/mol. The van der Waals surface area contributed by atoms with Gasteiger partial charge in [0.25, 0.3) is 0 Å². The number of hydrogen-bond acceptors (Lipinski definition) is 4. The molecule has 0 amide bonds. The first-order valence-electron chi connectivity index (χ1n) is 4.86. The Balaban J connectivity index is 2.30. The van der Waals surface area contributed by atoms with Crippen LogP contribution in [0.15, 0.2) is 29.3 Å². The van der Waals surface area contributed by atoms with Crippen LogP contribution in [0, 0.1) is 0 Å². The van der Waals surface area contributed by atoms with Crippen LogP contribution in [0.4, 0.5) is 0 Å². The van der Waals surface area contributed by atoms with E-state index >= 15 is 0 Å². The van der Waals surface area contributed by atoms with Gasteiger partial charge >= 0.3 is 0 Å². The lowest BCUT2D eigenvalue weighted by Gasteiger charge is -2.06. The fourth-order valence-corrected chi connectivity index (χ4v) is 2.67. The van der Waals surface area contributed by atoms with E-state index in [-0.39, 0.29) is 23.6 Å². The molecular formula is C11H13NO2S. The molecule has 1 aromatic rings. The highest BCUT2D eigenvalue weighted by atomic mass is 32.2. The number of aliphatic imine (C=N–C) groups is 1. The highest BCUT2D eigenvalue weighted by Crippen LogP contribution is 2.32. The summed E-state index contributed by atoms with van der Waals surface area (Å²) in [5.74, 6) is 0.245. The molecule has 15 heavy (non-hydrogen) atoms. The summed E-state index contributed by atoms with van der Waals surface area (Å²) in [6.45, 7) is 2.09. The Morgan fingerprint density at radius 2 is 2.13 bits per heavy atom. The first-order valence-corrected chi connectivity index (χ1v) is 5.74. The number of hydrogen-bond donors (Lipinski definition) is 2. The van der Waals surface area contributed by atoms with Gasteiger partial charge in [-0.25, -0.2) is 0 Å². The second-order valence-corrected chi connectivity index (χ2v) is 4.89. The third kappa shape index (κ3) is 2.01. The van der Waals surface area contributed by atoms with Crippen molar-refractivity contribution in [1.29, 1.82) is 0 Å². The molecular weight excluding hydrogens is 210 g/mol. The number of nitrogens with zero attached hydrogens (tertiary/aromatic N) is 1. The number of thioether (sulfide) groups is 1. The molecule has 1 heterocycles. The van der Waals surface area contributed by atoms with E-state index < -0.39 is 0 Å². The number of phenols is 1. The van der Waals surface area contributed by atoms with Crippen LogP contribution in [0.3, 0.4) is 0 Å². The Kier molecular flexibility index (Phi) is 2.98. The molecule has 0 aromatic heterocycles. The summed E-state index contributed by atoms with van der Waals surface area (Å²) in [6, 6.07) is 7.09. The SMILES string of the molecule is C[C@@H]1SC(c2ccccc2O)=N[C@@H]1CO. The van der Waals surface area contributed by atoms with Crippen molar-refractivity contribution in [1.82, 2.24) is 0 Å². The monoisotopic (exact) mass is 223 g/mol. The van der Waals surface area contributed by atoms with Crippen LogP contribution in [0.2, 0.25) is 0 Å². The van der Waals surface area contributed by atoms with E-state index in [0.29, 0.717) is 0 Å². The van der Waals surface area contributed by atoms with Gasteiger partial charge in [-0.15, -0.1) is 11.8 Å². The number of aromatic hydroxyl groups is 1. The van der Waals surface area contributed by atoms with Crippen molar-refractivity contribution < 1.29 is 10.2 Å². The number of benzene rings is 1. The molecule has 0 bridgehead atoms. The normalized spacial score (nSPS) is 25.3. The van der Waals surface area contributed by atoms with Crippen molar-refractivity contribution in [2.75, 3.05) is 6.61 Å². The van der Waals surface area contributed by atoms with Crippen LogP contribution < -0.4 is 0 Å². The smallest absolute Gasteiger partial charge is 0.125 e. The molecule has 3 nitrogen and oxygen atoms in total. The molecule has 1 aromatic carbocycles. The topological polar surface area (TPSA) is 52.8 Å². The van der Waals surface area contributed by atoms with Crippen LogP contribution in [0.25, 0.3) is 0 Å². The minimum atomic E-state index is -0.0513. The Morgan fingerprint density at radius 3 is 2.73 bits per heavy atom. The Morgan fingerprint density at radius 1 is 1.40 bits per heavy atom. The van der Waals surface area contributed by atoms with Crippen molar-refractivity contribution in [2.45, 2.75) is 18.2 Å². The van der Waals surface area contributed by atoms with Crippen LogP contribution in [-0.2, 0) is 0 Å². The molecule has 2 N–H and O–H groups in total. The van der Waals surface area contributed by atoms with Crippen LogP contribution >= 0.6 is 11.8 Å². The standard InChI is InChI=1S/C11H13NO2S/c1-7-9(6-13)12-11(15-7)8-4-2-3-5-10(8)14/h2-5,7,9,13-14H,6H2,1H3/t7-,9+/m0/s1. The second kappa shape index (κ2) is 4.24. The molecule has 4 heteroatoms. The number of aliphatic hydroxyl groups is 1. The third-order valence-electron chi connectivity index (χ3n) is 2.44. The van der Waals surface area contributed by atoms with Gasteiger partial charge < -0.3 is 10.2 Å². The van der Waals surface area contributed by atoms with Gasteiger partial charge in [0.15, 0.2) is 0 Å². The molecule has 2 rings (SSSR count). The van der Waals surface area contributed by atoms with Gasteiger partial charge in [0, 0.05) is 10.8 Å². The van der Waals surface area contributed by atoms with Gasteiger partial charge in [-0.1, -0.05) is 19.1 Å². The molecule has 1 aliphatic rings. The average molecular weight is 223 g/mol. The van der Waals surface area contributed by atoms with E-state index in [9.17, 15) is 5.11 Å². The summed E-state index contributed by atoms with van der Waals surface area (Å²) in [4.78, 5) is 4.39. The van der Waals surface area contributed by atoms with Crippen LogP contribution in [0.1, 0.15) is 12.5 Å². The van der Waals surface area contributed by atoms with Crippen LogP contribution in [0.5, 0.6) is 5.75 Å². The maximum atomic E-state index is 9.66. The zero-order valence-electron chi connectivity index (χ0n) is 8.42. The number of phenolic OH excluding ortho intramolecular Hbond substituents is 1. The third-order valence-corrected chi connectivity index (χ3v) is 3.68. The fraction of sp³-hybridized carbons (Fsp3) is 0.364. The van der Waals surface area contributed by atoms with E-state index in [1.54, 1.807) is 23.9 Å². The van der Waals surface area contributed by atoms with Gasteiger partial charge in [0.2, 0.25) is 0 Å². The van der Waals surface area contributed by atoms with Crippen molar-refractivity contribution in [3.05, 3.63) is 29.8 Å². The highest BCUT2D eigenvalue weighted by Gasteiger charge is 2.27. The molecule has 80 valence electrons. The molecule has 0 saturated carbocycles. The van der Waals surface area contributed by atoms with Crippen molar-refractivity contribution in [2.24, 2.45) is 4.99 Å². The minimum Gasteiger partial charge on any atom is -0.507 e. The van der Waals surface area contributed by atoms with Gasteiger partial charge in [-0.05, 0) is 12.1 Å². The fourth-order valence-electron chi connectivity index (χ4n) is 1.52. The summed E-state index contributed by atoms with van der Waals surface area (Å²) in [6.07, 6.45) is 0. The van der Waals surface area contributed by atoms with Gasteiger partial charge in [0.1, 0.15) is 10.8 Å². The largest absolute Gasteiger partial charge is 0.507 e. The maximum absolute atomic E-state index is 9.66. The zero-order chi connectivity index (χ0) is 10.8. The highest BCUT2D eigenvalue weighted by molar-refractivity contribution is 8.15. The van der Waals surface area contributed by atoms with Crippen LogP contribution in [-0.4, -0.2) is 33.2 Å². The van der Waals surface area contributed by atoms with E-state index in [1.165, 1.54) is 0 Å². The lowest BCUT2D eigenvalue weighted by atomic mass is 10.2. The number of para-hydroxylation sites is 1. The number of rotatable bonds is 2. The first-order chi connectivity index (χ1) is 7.22. The van der Waals surface area contributed by atoms with E-state index in [2.05, 4.69) is 4.99 Å². The molecule has 0 aliphatic carbocycles. The summed E-state index contributed by atoms with van der Waals surface area (Å²) in [7, 11) is 0. The Hall–Kier alpha value is -1.00. The van der Waals surface area contributed by atoms with Crippen molar-refractivity contribution in [3.8, 4) is 5.75 Å². The quantitative estimate of drug-likeness (QED) is 0.801. The maximum Gasteiger partial charge on any atom is 0.125 e. The van der Waals surface area contributed by atoms with E-state index in [4.69, 9.17) is 5.11 Å². The molecule has 1 aliphatic heterocycles.